The Morgan fingerprint density at radius 3 is 0.840 bits per heavy atom. The molecular weight excluding hydrogens is 925 g/mol. The lowest BCUT2D eigenvalue weighted by Crippen LogP contribution is -2.30. The van der Waals surface area contributed by atoms with Crippen LogP contribution < -0.4 is 0 Å². The fraction of sp³-hybridized carbons (Fsp3) is 0.725. The monoisotopic (exact) mass is 1040 g/mol. The molecule has 0 heterocycles. The molecule has 0 fully saturated rings. The van der Waals surface area contributed by atoms with Crippen molar-refractivity contribution in [2.24, 2.45) is 0 Å². The van der Waals surface area contributed by atoms with Crippen molar-refractivity contribution in [1.82, 2.24) is 0 Å². The summed E-state index contributed by atoms with van der Waals surface area (Å²) in [4.78, 5) is 38.2. The van der Waals surface area contributed by atoms with Gasteiger partial charge in [-0.05, 0) is 103 Å². The van der Waals surface area contributed by atoms with Gasteiger partial charge in [-0.3, -0.25) is 14.4 Å². The molecule has 1 unspecified atom stereocenters. The summed E-state index contributed by atoms with van der Waals surface area (Å²) in [5.74, 6) is -0.884. The Kier molecular flexibility index (Phi) is 59.8. The van der Waals surface area contributed by atoms with E-state index in [-0.39, 0.29) is 31.1 Å². The molecule has 0 saturated carbocycles. The number of hydrogen-bond donors (Lipinski definition) is 0. The Bertz CT molecular complexity index is 1480. The van der Waals surface area contributed by atoms with Gasteiger partial charge in [0.25, 0.3) is 0 Å². The minimum Gasteiger partial charge on any atom is -0.462 e. The Labute approximate surface area is 464 Å². The summed E-state index contributed by atoms with van der Waals surface area (Å²) in [5.41, 5.74) is 0. The maximum absolute atomic E-state index is 12.9. The van der Waals surface area contributed by atoms with Crippen LogP contribution in [0.25, 0.3) is 0 Å². The molecule has 0 aliphatic rings. The highest BCUT2D eigenvalue weighted by atomic mass is 16.6. The zero-order chi connectivity index (χ0) is 54.3. The number of unbranched alkanes of at least 4 members (excludes halogenated alkanes) is 30. The topological polar surface area (TPSA) is 78.9 Å². The standard InChI is InChI=1S/C69H118O6/c1-4-7-10-13-16-19-22-24-26-28-30-31-32-33-34-35-36-37-39-40-42-44-47-50-53-56-59-62-68(71)74-65-66(64-73-67(70)61-58-55-52-49-46-21-18-15-12-9-6-3)75-69(72)63-60-57-54-51-48-45-43-41-38-29-27-25-23-20-17-14-11-8-5-2/h7,10,16-17,19-20,24-27,30-31,33-34,36-37,66H,4-6,8-9,11-15,18,21-23,28-29,32,35,38-65H2,1-3H3/b10-7-,19-16-,20-17-,26-24-,27-25-,31-30-,34-33-,37-36-. The SMILES string of the molecule is CC/C=C\C/C=C\C/C=C\C/C=C\C/C=C\C/C=C\CCCCCCCCCCC(=O)OCC(COC(=O)CCCCCCCCCCCCC)OC(=O)CCCCCCCCCCC/C=C\C/C=C\CCCCC. The van der Waals surface area contributed by atoms with Crippen LogP contribution in [0.1, 0.15) is 303 Å². The molecule has 0 rings (SSSR count). The minimum atomic E-state index is -0.783. The van der Waals surface area contributed by atoms with Crippen LogP contribution >= 0.6 is 0 Å². The van der Waals surface area contributed by atoms with Gasteiger partial charge >= 0.3 is 17.9 Å². The van der Waals surface area contributed by atoms with Crippen LogP contribution in [0, 0.1) is 0 Å². The average molecular weight is 1040 g/mol. The average Bonchev–Trinajstić information content (AvgIpc) is 3.41. The molecular formula is C69H118O6. The first-order valence-corrected chi connectivity index (χ1v) is 31.7. The van der Waals surface area contributed by atoms with Crippen molar-refractivity contribution in [2.45, 2.75) is 309 Å². The quantitative estimate of drug-likeness (QED) is 0.0261. The molecule has 0 aliphatic carbocycles. The van der Waals surface area contributed by atoms with E-state index in [0.29, 0.717) is 19.3 Å². The van der Waals surface area contributed by atoms with Crippen molar-refractivity contribution in [2.75, 3.05) is 13.2 Å². The van der Waals surface area contributed by atoms with E-state index >= 15 is 0 Å². The van der Waals surface area contributed by atoms with Gasteiger partial charge in [0.2, 0.25) is 0 Å². The Hall–Kier alpha value is -3.67. The van der Waals surface area contributed by atoms with Crippen LogP contribution in [0.5, 0.6) is 0 Å². The number of allylic oxidation sites excluding steroid dienone is 16. The molecule has 430 valence electrons. The molecule has 0 N–H and O–H groups in total. The van der Waals surface area contributed by atoms with Gasteiger partial charge in [-0.1, -0.05) is 279 Å². The van der Waals surface area contributed by atoms with Gasteiger partial charge in [-0.2, -0.15) is 0 Å². The second-order valence-corrected chi connectivity index (χ2v) is 20.9. The maximum Gasteiger partial charge on any atom is 0.306 e. The summed E-state index contributed by atoms with van der Waals surface area (Å²) in [6, 6.07) is 0. The summed E-state index contributed by atoms with van der Waals surface area (Å²) in [6.07, 6.45) is 84.1. The number of esters is 3. The van der Waals surface area contributed by atoms with Crippen LogP contribution in [0.4, 0.5) is 0 Å². The summed E-state index contributed by atoms with van der Waals surface area (Å²) in [6.45, 7) is 6.51. The summed E-state index contributed by atoms with van der Waals surface area (Å²) < 4.78 is 16.9. The zero-order valence-corrected chi connectivity index (χ0v) is 49.3. The van der Waals surface area contributed by atoms with Crippen molar-refractivity contribution in [3.8, 4) is 0 Å². The molecule has 0 radical (unpaired) electrons. The van der Waals surface area contributed by atoms with Gasteiger partial charge in [0.1, 0.15) is 13.2 Å². The molecule has 6 heteroatoms. The first-order valence-electron chi connectivity index (χ1n) is 31.7. The molecule has 6 nitrogen and oxygen atoms in total. The lowest BCUT2D eigenvalue weighted by Gasteiger charge is -2.18. The third-order valence-electron chi connectivity index (χ3n) is 13.6. The zero-order valence-electron chi connectivity index (χ0n) is 49.3. The molecule has 0 bridgehead atoms. The van der Waals surface area contributed by atoms with Crippen molar-refractivity contribution in [1.29, 1.82) is 0 Å². The van der Waals surface area contributed by atoms with Gasteiger partial charge in [0, 0.05) is 19.3 Å². The van der Waals surface area contributed by atoms with Crippen LogP contribution in [0.3, 0.4) is 0 Å². The normalized spacial score (nSPS) is 12.7. The van der Waals surface area contributed by atoms with Crippen molar-refractivity contribution < 1.29 is 28.6 Å². The predicted octanol–water partition coefficient (Wildman–Crippen LogP) is 21.7. The Morgan fingerprint density at radius 2 is 0.520 bits per heavy atom. The van der Waals surface area contributed by atoms with E-state index in [1.165, 1.54) is 154 Å². The van der Waals surface area contributed by atoms with E-state index in [2.05, 4.69) is 118 Å². The molecule has 0 saturated heterocycles. The second-order valence-electron chi connectivity index (χ2n) is 20.9. The van der Waals surface area contributed by atoms with Crippen molar-refractivity contribution >= 4 is 17.9 Å². The number of rotatable bonds is 57. The Morgan fingerprint density at radius 1 is 0.280 bits per heavy atom. The number of hydrogen-bond acceptors (Lipinski definition) is 6. The summed E-state index contributed by atoms with van der Waals surface area (Å²) >= 11 is 0. The fourth-order valence-electron chi connectivity index (χ4n) is 8.83. The minimum absolute atomic E-state index is 0.0793. The first kappa shape index (κ1) is 71.3. The lowest BCUT2D eigenvalue weighted by molar-refractivity contribution is -0.167. The highest BCUT2D eigenvalue weighted by molar-refractivity contribution is 5.71. The van der Waals surface area contributed by atoms with E-state index in [4.69, 9.17) is 14.2 Å². The van der Waals surface area contributed by atoms with Gasteiger partial charge in [0.05, 0.1) is 0 Å². The van der Waals surface area contributed by atoms with Gasteiger partial charge < -0.3 is 14.2 Å². The van der Waals surface area contributed by atoms with E-state index in [1.54, 1.807) is 0 Å². The van der Waals surface area contributed by atoms with E-state index < -0.39 is 6.10 Å². The largest absolute Gasteiger partial charge is 0.462 e. The van der Waals surface area contributed by atoms with Crippen LogP contribution in [0.2, 0.25) is 0 Å². The third-order valence-corrected chi connectivity index (χ3v) is 13.6. The fourth-order valence-corrected chi connectivity index (χ4v) is 8.83. The third kappa shape index (κ3) is 61.1. The van der Waals surface area contributed by atoms with Gasteiger partial charge in [0.15, 0.2) is 6.10 Å². The molecule has 0 amide bonds. The number of carbonyl (C=O) groups is 3. The van der Waals surface area contributed by atoms with Crippen LogP contribution in [-0.4, -0.2) is 37.2 Å². The van der Waals surface area contributed by atoms with Gasteiger partial charge in [-0.25, -0.2) is 0 Å². The Balaban J connectivity index is 4.30. The van der Waals surface area contributed by atoms with Crippen molar-refractivity contribution in [3.63, 3.8) is 0 Å². The molecule has 0 spiro atoms. The molecule has 0 aromatic heterocycles. The molecule has 0 aliphatic heterocycles. The molecule has 0 aromatic carbocycles. The van der Waals surface area contributed by atoms with Gasteiger partial charge in [-0.15, -0.1) is 0 Å². The highest BCUT2D eigenvalue weighted by Gasteiger charge is 2.19. The van der Waals surface area contributed by atoms with Crippen LogP contribution in [-0.2, 0) is 28.6 Å². The van der Waals surface area contributed by atoms with E-state index in [9.17, 15) is 14.4 Å². The van der Waals surface area contributed by atoms with Crippen LogP contribution in [0.15, 0.2) is 97.2 Å². The first-order chi connectivity index (χ1) is 37.0. The lowest BCUT2D eigenvalue weighted by atomic mass is 10.1. The predicted molar refractivity (Wildman–Crippen MR) is 325 cm³/mol. The maximum atomic E-state index is 12.9. The highest BCUT2D eigenvalue weighted by Crippen LogP contribution is 2.16. The second kappa shape index (κ2) is 62.9. The number of carbonyl (C=O) groups excluding carboxylic acids is 3. The molecule has 1 atom stereocenters. The van der Waals surface area contributed by atoms with Crippen molar-refractivity contribution in [3.05, 3.63) is 97.2 Å². The summed E-state index contributed by atoms with van der Waals surface area (Å²) in [5, 5.41) is 0. The number of ether oxygens (including phenoxy) is 3. The smallest absolute Gasteiger partial charge is 0.306 e. The molecule has 0 aromatic rings. The summed E-state index contributed by atoms with van der Waals surface area (Å²) in [7, 11) is 0. The molecule has 75 heavy (non-hydrogen) atoms. The van der Waals surface area contributed by atoms with E-state index in [1.807, 2.05) is 0 Å². The van der Waals surface area contributed by atoms with E-state index in [0.717, 1.165) is 109 Å².